The predicted octanol–water partition coefficient (Wildman–Crippen LogP) is 5.30. The maximum Gasteiger partial charge on any atom is 0.295 e. The third-order valence-corrected chi connectivity index (χ3v) is 11.1. The van der Waals surface area contributed by atoms with Crippen LogP contribution >= 0.6 is 0 Å². The third-order valence-electron chi connectivity index (χ3n) is 3.97. The van der Waals surface area contributed by atoms with E-state index in [1.807, 2.05) is 20.8 Å². The van der Waals surface area contributed by atoms with Crippen molar-refractivity contribution in [2.45, 2.75) is 92.1 Å². The quantitative estimate of drug-likeness (QED) is 0.470. The summed E-state index contributed by atoms with van der Waals surface area (Å²) in [6.07, 6.45) is 0.225. The molecule has 1 unspecified atom stereocenters. The largest absolute Gasteiger partial charge is 0.519 e. The van der Waals surface area contributed by atoms with Gasteiger partial charge < -0.3 is 8.85 Å². The molecule has 0 aromatic carbocycles. The number of rotatable bonds is 11. The summed E-state index contributed by atoms with van der Waals surface area (Å²) in [7, 11) is -1.70. The van der Waals surface area contributed by atoms with Crippen molar-refractivity contribution in [2.24, 2.45) is 17.8 Å². The van der Waals surface area contributed by atoms with Crippen LogP contribution in [0.3, 0.4) is 0 Å². The highest BCUT2D eigenvalue weighted by Crippen LogP contribution is 2.37. The summed E-state index contributed by atoms with van der Waals surface area (Å²) >= 11 is 0. The van der Waals surface area contributed by atoms with Crippen molar-refractivity contribution in [3.8, 4) is 0 Å². The van der Waals surface area contributed by atoms with E-state index in [4.69, 9.17) is 8.85 Å². The second kappa shape index (κ2) is 10.7. The van der Waals surface area contributed by atoms with E-state index in [1.165, 1.54) is 0 Å². The molecule has 3 nitrogen and oxygen atoms in total. The Morgan fingerprint density at radius 1 is 0.913 bits per heavy atom. The van der Waals surface area contributed by atoms with E-state index in [1.54, 1.807) is 0 Å². The Bertz CT molecular complexity index is 331. The van der Waals surface area contributed by atoms with E-state index in [0.29, 0.717) is 27.1 Å². The Balaban J connectivity index is 4.94. The Morgan fingerprint density at radius 3 is 1.74 bits per heavy atom. The van der Waals surface area contributed by atoms with Crippen LogP contribution in [-0.4, -0.2) is 30.2 Å². The maximum atomic E-state index is 12.7. The molecule has 23 heavy (non-hydrogen) atoms. The molecule has 0 spiro atoms. The molecule has 0 bridgehead atoms. The van der Waals surface area contributed by atoms with Gasteiger partial charge in [-0.05, 0) is 49.4 Å². The zero-order valence-electron chi connectivity index (χ0n) is 16.7. The highest BCUT2D eigenvalue weighted by atomic mass is 28.4. The predicted molar refractivity (Wildman–Crippen MR) is 102 cm³/mol. The van der Waals surface area contributed by atoms with Crippen LogP contribution in [0.1, 0.15) is 62.3 Å². The number of hydrogen-bond donors (Lipinski definition) is 0. The zero-order valence-corrected chi connectivity index (χ0v) is 18.7. The van der Waals surface area contributed by atoms with Crippen LogP contribution in [0.4, 0.5) is 0 Å². The molecule has 0 amide bonds. The van der Waals surface area contributed by atoms with Gasteiger partial charge in [0.1, 0.15) is 0 Å². The molecule has 0 aromatic heterocycles. The van der Waals surface area contributed by atoms with E-state index in [-0.39, 0.29) is 18.0 Å². The molecule has 0 rings (SSSR count). The minimum Gasteiger partial charge on any atom is -0.519 e. The lowest BCUT2D eigenvalue weighted by Gasteiger charge is -2.38. The molecular weight excluding hydrogens is 320 g/mol. The van der Waals surface area contributed by atoms with Crippen LogP contribution in [0.25, 0.3) is 0 Å². The summed E-state index contributed by atoms with van der Waals surface area (Å²) in [5.74, 6) is 1.05. The molecule has 0 aliphatic rings. The van der Waals surface area contributed by atoms with Crippen molar-refractivity contribution in [3.63, 3.8) is 0 Å². The van der Waals surface area contributed by atoms with Crippen molar-refractivity contribution in [1.29, 1.82) is 0 Å². The highest BCUT2D eigenvalue weighted by molar-refractivity contribution is 6.76. The Morgan fingerprint density at radius 2 is 1.39 bits per heavy atom. The molecule has 0 aliphatic carbocycles. The van der Waals surface area contributed by atoms with E-state index in [2.05, 4.69) is 41.5 Å². The van der Waals surface area contributed by atoms with Gasteiger partial charge in [0.2, 0.25) is 9.76 Å². The van der Waals surface area contributed by atoms with Crippen LogP contribution < -0.4 is 0 Å². The molecule has 5 heteroatoms. The molecule has 0 heterocycles. The van der Waals surface area contributed by atoms with Gasteiger partial charge in [0.15, 0.2) is 0 Å². The SMILES string of the molecule is CC(C)C[Si](CC(C)C)(OC(=O)C(C)C[Si]OC(C)C)C(C)C. The lowest BCUT2D eigenvalue weighted by molar-refractivity contribution is -0.139. The first-order valence-electron chi connectivity index (χ1n) is 9.11. The van der Waals surface area contributed by atoms with Gasteiger partial charge in [0.25, 0.3) is 14.3 Å². The molecule has 0 aliphatic heterocycles. The fourth-order valence-corrected chi connectivity index (χ4v) is 8.59. The van der Waals surface area contributed by atoms with E-state index >= 15 is 0 Å². The molecule has 0 fully saturated rings. The summed E-state index contributed by atoms with van der Waals surface area (Å²) in [5.41, 5.74) is 0.456. The van der Waals surface area contributed by atoms with Crippen molar-refractivity contribution in [1.82, 2.24) is 0 Å². The van der Waals surface area contributed by atoms with Crippen LogP contribution in [0.15, 0.2) is 0 Å². The average molecular weight is 359 g/mol. The minimum atomic E-state index is -2.07. The fourth-order valence-electron chi connectivity index (χ4n) is 2.86. The highest BCUT2D eigenvalue weighted by Gasteiger charge is 2.43. The third kappa shape index (κ3) is 9.06. The van der Waals surface area contributed by atoms with Gasteiger partial charge in [-0.2, -0.15) is 0 Å². The normalized spacial score (nSPS) is 14.1. The summed E-state index contributed by atoms with van der Waals surface area (Å²) in [6.45, 7) is 19.4. The molecule has 2 radical (unpaired) electrons. The minimum absolute atomic E-state index is 0.00785. The van der Waals surface area contributed by atoms with Crippen molar-refractivity contribution < 1.29 is 13.6 Å². The van der Waals surface area contributed by atoms with Crippen LogP contribution in [0, 0.1) is 17.8 Å². The molecule has 0 saturated carbocycles. The summed E-state index contributed by atoms with van der Waals surface area (Å²) in [5, 5.41) is 0. The van der Waals surface area contributed by atoms with Crippen LogP contribution in [-0.2, 0) is 13.6 Å². The maximum absolute atomic E-state index is 12.7. The van der Waals surface area contributed by atoms with Crippen LogP contribution in [0.5, 0.6) is 0 Å². The Kier molecular flexibility index (Phi) is 10.6. The number of hydrogen-bond acceptors (Lipinski definition) is 3. The summed E-state index contributed by atoms with van der Waals surface area (Å²) in [6, 6.07) is 2.89. The monoisotopic (exact) mass is 358 g/mol. The van der Waals surface area contributed by atoms with Crippen molar-refractivity contribution in [3.05, 3.63) is 0 Å². The number of carbonyl (C=O) groups excluding carboxylic acids is 1. The zero-order chi connectivity index (χ0) is 18.2. The average Bonchev–Trinajstić information content (AvgIpc) is 2.35. The standard InChI is InChI=1S/C18H38O3Si2/c1-13(2)11-23(16(7)8,12-14(3)4)21-18(19)17(9)10-22-20-15(5)6/h13-17H,10-12H2,1-9H3. The van der Waals surface area contributed by atoms with Gasteiger partial charge >= 0.3 is 0 Å². The second-order valence-electron chi connectivity index (χ2n) is 8.25. The molecule has 0 aromatic rings. The topological polar surface area (TPSA) is 35.5 Å². The van der Waals surface area contributed by atoms with Crippen molar-refractivity contribution in [2.75, 3.05) is 0 Å². The smallest absolute Gasteiger partial charge is 0.295 e. The molecule has 0 N–H and O–H groups in total. The summed E-state index contributed by atoms with van der Waals surface area (Å²) in [4.78, 5) is 12.7. The molecule has 0 saturated heterocycles. The second-order valence-corrected chi connectivity index (χ2v) is 13.5. The van der Waals surface area contributed by atoms with Gasteiger partial charge in [-0.25, -0.2) is 0 Å². The Labute approximate surface area is 148 Å². The van der Waals surface area contributed by atoms with Gasteiger partial charge in [0, 0.05) is 6.10 Å². The van der Waals surface area contributed by atoms with Gasteiger partial charge in [-0.1, -0.05) is 48.5 Å². The molecular formula is C18H38O3Si2. The lowest BCUT2D eigenvalue weighted by Crippen LogP contribution is -2.46. The Hall–Kier alpha value is -0.136. The first kappa shape index (κ1) is 22.9. The van der Waals surface area contributed by atoms with E-state index in [0.717, 1.165) is 18.1 Å². The van der Waals surface area contributed by atoms with Gasteiger partial charge in [-0.3, -0.25) is 4.79 Å². The first-order chi connectivity index (χ1) is 10.5. The van der Waals surface area contributed by atoms with E-state index < -0.39 is 8.32 Å². The van der Waals surface area contributed by atoms with Crippen molar-refractivity contribution >= 4 is 24.0 Å². The number of carbonyl (C=O) groups is 1. The van der Waals surface area contributed by atoms with E-state index in [9.17, 15) is 4.79 Å². The molecule has 1 atom stereocenters. The fraction of sp³-hybridized carbons (Fsp3) is 0.944. The lowest BCUT2D eigenvalue weighted by atomic mass is 10.2. The van der Waals surface area contributed by atoms with Crippen LogP contribution in [0.2, 0.25) is 23.7 Å². The van der Waals surface area contributed by atoms with Gasteiger partial charge in [0.05, 0.1) is 5.92 Å². The first-order valence-corrected chi connectivity index (χ1v) is 12.6. The summed E-state index contributed by atoms with van der Waals surface area (Å²) < 4.78 is 11.9. The van der Waals surface area contributed by atoms with Gasteiger partial charge in [-0.15, -0.1) is 0 Å². The molecule has 136 valence electrons.